The molecule has 32 heavy (non-hydrogen) atoms. The second kappa shape index (κ2) is 9.24. The van der Waals surface area contributed by atoms with E-state index < -0.39 is 11.8 Å². The van der Waals surface area contributed by atoms with Gasteiger partial charge in [-0.2, -0.15) is 0 Å². The van der Waals surface area contributed by atoms with E-state index in [9.17, 15) is 14.0 Å². The molecule has 0 fully saturated rings. The van der Waals surface area contributed by atoms with Crippen molar-refractivity contribution in [2.45, 2.75) is 13.1 Å². The third-order valence-corrected chi connectivity index (χ3v) is 5.50. The lowest BCUT2D eigenvalue weighted by molar-refractivity contribution is 0.0600. The van der Waals surface area contributed by atoms with E-state index in [-0.39, 0.29) is 10.9 Å². The summed E-state index contributed by atoms with van der Waals surface area (Å²) in [5, 5.41) is 3.89. The Labute approximate surface area is 189 Å². The lowest BCUT2D eigenvalue weighted by Gasteiger charge is -2.09. The van der Waals surface area contributed by atoms with Crippen LogP contribution in [-0.4, -0.2) is 23.6 Å². The molecule has 0 saturated carbocycles. The van der Waals surface area contributed by atoms with Crippen LogP contribution in [0.2, 0.25) is 5.02 Å². The highest BCUT2D eigenvalue weighted by Crippen LogP contribution is 2.21. The van der Waals surface area contributed by atoms with E-state index in [0.29, 0.717) is 24.2 Å². The number of amides is 1. The highest BCUT2D eigenvalue weighted by molar-refractivity contribution is 6.30. The lowest BCUT2D eigenvalue weighted by atomic mass is 10.1. The largest absolute Gasteiger partial charge is 0.465 e. The van der Waals surface area contributed by atoms with Gasteiger partial charge in [-0.05, 0) is 59.7 Å². The predicted octanol–water partition coefficient (Wildman–Crippen LogP) is 5.20. The van der Waals surface area contributed by atoms with Crippen molar-refractivity contribution in [3.05, 3.63) is 106 Å². The van der Waals surface area contributed by atoms with E-state index in [1.54, 1.807) is 42.5 Å². The van der Waals surface area contributed by atoms with Crippen LogP contribution in [-0.2, 0) is 17.8 Å². The number of halogens is 2. The number of aromatic nitrogens is 1. The van der Waals surface area contributed by atoms with Crippen LogP contribution in [0.4, 0.5) is 4.39 Å². The molecule has 0 aliphatic carbocycles. The fraction of sp³-hybridized carbons (Fsp3) is 0.120. The van der Waals surface area contributed by atoms with E-state index in [0.717, 1.165) is 22.0 Å². The molecule has 1 amide bonds. The van der Waals surface area contributed by atoms with Gasteiger partial charge in [0.1, 0.15) is 5.82 Å². The minimum atomic E-state index is -0.445. The molecule has 0 atom stereocenters. The molecule has 4 aromatic rings. The maximum absolute atomic E-state index is 13.7. The Balaban J connectivity index is 1.44. The number of esters is 1. The number of nitrogens with zero attached hydrogens (tertiary/aromatic N) is 1. The van der Waals surface area contributed by atoms with Crippen LogP contribution in [0.25, 0.3) is 10.9 Å². The Kier molecular flexibility index (Phi) is 6.23. The van der Waals surface area contributed by atoms with Crippen molar-refractivity contribution in [1.29, 1.82) is 0 Å². The highest BCUT2D eigenvalue weighted by atomic mass is 35.5. The fourth-order valence-electron chi connectivity index (χ4n) is 3.47. The third kappa shape index (κ3) is 4.65. The van der Waals surface area contributed by atoms with Gasteiger partial charge in [-0.1, -0.05) is 29.8 Å². The number of carbonyl (C=O) groups is 2. The molecule has 1 N–H and O–H groups in total. The number of nitrogens with one attached hydrogen (secondary N) is 1. The van der Waals surface area contributed by atoms with E-state index in [2.05, 4.69) is 10.1 Å². The molecule has 4 rings (SSSR count). The van der Waals surface area contributed by atoms with E-state index >= 15 is 0 Å². The van der Waals surface area contributed by atoms with Crippen LogP contribution < -0.4 is 5.32 Å². The average molecular weight is 451 g/mol. The molecular formula is C25H20ClFN2O3. The summed E-state index contributed by atoms with van der Waals surface area (Å²) in [6, 6.07) is 19.0. The van der Waals surface area contributed by atoms with Crippen molar-refractivity contribution in [2.75, 3.05) is 7.11 Å². The molecule has 3 aromatic carbocycles. The summed E-state index contributed by atoms with van der Waals surface area (Å²) in [6.07, 6.45) is 1.90. The van der Waals surface area contributed by atoms with Gasteiger partial charge in [0.05, 0.1) is 17.7 Å². The second-order valence-corrected chi connectivity index (χ2v) is 7.74. The van der Waals surface area contributed by atoms with Gasteiger partial charge in [-0.25, -0.2) is 9.18 Å². The smallest absolute Gasteiger partial charge is 0.337 e. The molecule has 0 aliphatic heterocycles. The quantitative estimate of drug-likeness (QED) is 0.411. The van der Waals surface area contributed by atoms with Crippen LogP contribution in [0.5, 0.6) is 0 Å². The minimum Gasteiger partial charge on any atom is -0.465 e. The first-order chi connectivity index (χ1) is 15.4. The van der Waals surface area contributed by atoms with Crippen molar-refractivity contribution >= 4 is 34.4 Å². The Bertz CT molecular complexity index is 1300. The monoisotopic (exact) mass is 450 g/mol. The van der Waals surface area contributed by atoms with Crippen molar-refractivity contribution in [3.8, 4) is 0 Å². The minimum absolute atomic E-state index is 0.0983. The van der Waals surface area contributed by atoms with E-state index in [1.807, 2.05) is 29.0 Å². The van der Waals surface area contributed by atoms with Crippen LogP contribution in [0.3, 0.4) is 0 Å². The number of hydrogen-bond acceptors (Lipinski definition) is 3. The summed E-state index contributed by atoms with van der Waals surface area (Å²) in [5.41, 5.74) is 3.60. The average Bonchev–Trinajstić information content (AvgIpc) is 3.21. The van der Waals surface area contributed by atoms with Gasteiger partial charge in [0.15, 0.2) is 0 Å². The normalized spacial score (nSPS) is 10.8. The molecule has 1 aromatic heterocycles. The van der Waals surface area contributed by atoms with E-state index in [4.69, 9.17) is 11.6 Å². The maximum atomic E-state index is 13.7. The van der Waals surface area contributed by atoms with Crippen LogP contribution in [0.1, 0.15) is 31.8 Å². The fourth-order valence-corrected chi connectivity index (χ4v) is 3.59. The van der Waals surface area contributed by atoms with Crippen molar-refractivity contribution in [1.82, 2.24) is 9.88 Å². The van der Waals surface area contributed by atoms with Gasteiger partial charge in [0.2, 0.25) is 0 Å². The Morgan fingerprint density at radius 2 is 1.69 bits per heavy atom. The molecule has 0 saturated heterocycles. The number of rotatable bonds is 6. The van der Waals surface area contributed by atoms with Gasteiger partial charge >= 0.3 is 5.97 Å². The number of ether oxygens (including phenoxy) is 1. The topological polar surface area (TPSA) is 60.3 Å². The summed E-state index contributed by atoms with van der Waals surface area (Å²) in [6.45, 7) is 0.826. The van der Waals surface area contributed by atoms with Crippen molar-refractivity contribution < 1.29 is 18.7 Å². The number of fused-ring (bicyclic) bond motifs is 1. The molecule has 0 unspecified atom stereocenters. The summed E-state index contributed by atoms with van der Waals surface area (Å²) in [4.78, 5) is 24.1. The van der Waals surface area contributed by atoms with Crippen molar-refractivity contribution in [3.63, 3.8) is 0 Å². The van der Waals surface area contributed by atoms with Gasteiger partial charge in [-0.15, -0.1) is 0 Å². The molecule has 7 heteroatoms. The summed E-state index contributed by atoms with van der Waals surface area (Å²) < 4.78 is 20.4. The molecule has 0 aliphatic rings. The molecule has 0 bridgehead atoms. The number of carbonyl (C=O) groups excluding carboxylic acids is 2. The summed E-state index contributed by atoms with van der Waals surface area (Å²) in [7, 11) is 1.33. The first kappa shape index (κ1) is 21.6. The van der Waals surface area contributed by atoms with Gasteiger partial charge in [0.25, 0.3) is 5.91 Å². The molecule has 1 heterocycles. The van der Waals surface area contributed by atoms with Gasteiger partial charge in [-0.3, -0.25) is 4.79 Å². The predicted molar refractivity (Wildman–Crippen MR) is 121 cm³/mol. The number of methoxy groups -OCH3 is 1. The molecule has 0 radical (unpaired) electrons. The third-order valence-electron chi connectivity index (χ3n) is 5.20. The first-order valence-electron chi connectivity index (χ1n) is 9.93. The zero-order valence-electron chi connectivity index (χ0n) is 17.3. The van der Waals surface area contributed by atoms with E-state index in [1.165, 1.54) is 13.2 Å². The standard InChI is InChI=1S/C25H20ClFN2O3/c1-32-25(31)18-5-2-16(3-6-18)14-28-24(30)20-7-9-23-19(13-20)10-11-29(23)15-17-4-8-21(26)22(27)12-17/h2-13H,14-15H2,1H3,(H,28,30). The SMILES string of the molecule is COC(=O)c1ccc(CNC(=O)c2ccc3c(ccn3Cc3ccc(Cl)c(F)c3)c2)cc1. The summed E-state index contributed by atoms with van der Waals surface area (Å²) in [5.74, 6) is -1.04. The Morgan fingerprint density at radius 1 is 0.969 bits per heavy atom. The Morgan fingerprint density at radius 3 is 2.41 bits per heavy atom. The van der Waals surface area contributed by atoms with Crippen LogP contribution >= 0.6 is 11.6 Å². The summed E-state index contributed by atoms with van der Waals surface area (Å²) >= 11 is 5.76. The lowest BCUT2D eigenvalue weighted by Crippen LogP contribution is -2.22. The van der Waals surface area contributed by atoms with Crippen molar-refractivity contribution in [2.24, 2.45) is 0 Å². The zero-order valence-corrected chi connectivity index (χ0v) is 18.0. The molecule has 0 spiro atoms. The molecule has 5 nitrogen and oxygen atoms in total. The second-order valence-electron chi connectivity index (χ2n) is 7.34. The van der Waals surface area contributed by atoms with Crippen LogP contribution in [0.15, 0.2) is 72.9 Å². The highest BCUT2D eigenvalue weighted by Gasteiger charge is 2.10. The molecule has 162 valence electrons. The van der Waals surface area contributed by atoms with Crippen LogP contribution in [0, 0.1) is 5.82 Å². The van der Waals surface area contributed by atoms with Gasteiger partial charge in [0, 0.05) is 35.8 Å². The maximum Gasteiger partial charge on any atom is 0.337 e. The molecular weight excluding hydrogens is 431 g/mol. The zero-order chi connectivity index (χ0) is 22.7. The first-order valence-corrected chi connectivity index (χ1v) is 10.3. The Hall–Kier alpha value is -3.64. The number of benzene rings is 3. The number of hydrogen-bond donors (Lipinski definition) is 1. The van der Waals surface area contributed by atoms with Gasteiger partial charge < -0.3 is 14.6 Å².